The lowest BCUT2D eigenvalue weighted by Gasteiger charge is -2.21. The number of hydrogen-bond donors (Lipinski definition) is 0. The number of aryl methyl sites for hydroxylation is 1. The summed E-state index contributed by atoms with van der Waals surface area (Å²) in [5, 5.41) is 1.64. The molecule has 5 aromatic rings. The van der Waals surface area contributed by atoms with Gasteiger partial charge in [-0.1, -0.05) is 23.1 Å². The minimum atomic E-state index is -4.38. The summed E-state index contributed by atoms with van der Waals surface area (Å²) >= 11 is 3.02. The van der Waals surface area contributed by atoms with Crippen LogP contribution in [-0.4, -0.2) is 44.0 Å². The zero-order valence-electron chi connectivity index (χ0n) is 22.5. The fourth-order valence-electron chi connectivity index (χ4n) is 4.97. The number of thioether (sulfide) groups is 1. The van der Waals surface area contributed by atoms with E-state index in [4.69, 9.17) is 8.83 Å². The highest BCUT2D eigenvalue weighted by molar-refractivity contribution is 8.04. The van der Waals surface area contributed by atoms with Crippen LogP contribution in [0.4, 0.5) is 5.69 Å². The smallest absolute Gasteiger partial charge is 0.265 e. The second-order valence-electron chi connectivity index (χ2n) is 9.88. The SMILES string of the molecule is O=S(=O)([O-])CCCN1C(=Cc2sc3ccc(-c4ccco4)cc3[n+]2CCCS(=O)(=O)[O-])Sc2ccc(-c3ccco3)cc21. The number of anilines is 1. The normalized spacial score (nSPS) is 14.7. The molecule has 0 bridgehead atoms. The van der Waals surface area contributed by atoms with Gasteiger partial charge in [-0.2, -0.15) is 4.57 Å². The summed E-state index contributed by atoms with van der Waals surface area (Å²) in [6, 6.07) is 19.1. The zero-order chi connectivity index (χ0) is 30.2. The van der Waals surface area contributed by atoms with Gasteiger partial charge in [-0.05, 0) is 61.0 Å². The Hall–Kier alpha value is -3.40. The van der Waals surface area contributed by atoms with Gasteiger partial charge in [-0.15, -0.1) is 0 Å². The van der Waals surface area contributed by atoms with E-state index in [9.17, 15) is 25.9 Å². The van der Waals surface area contributed by atoms with Crippen molar-refractivity contribution in [2.45, 2.75) is 24.3 Å². The summed E-state index contributed by atoms with van der Waals surface area (Å²) < 4.78 is 82.4. The Bertz CT molecular complexity index is 2010. The zero-order valence-corrected chi connectivity index (χ0v) is 25.8. The van der Waals surface area contributed by atoms with Gasteiger partial charge in [0.2, 0.25) is 5.52 Å². The van der Waals surface area contributed by atoms with Gasteiger partial charge in [-0.3, -0.25) is 0 Å². The molecule has 0 aliphatic carbocycles. The van der Waals surface area contributed by atoms with Crippen molar-refractivity contribution in [1.82, 2.24) is 0 Å². The number of furan rings is 2. The second kappa shape index (κ2) is 11.9. The Morgan fingerprint density at radius 3 is 2.14 bits per heavy atom. The standard InChI is InChI=1S/C29H26N2O8S4/c32-42(33,34)15-3-11-30-22-17-20(24-5-1-13-38-24)7-9-26(22)40-28(30)19-29-31(12-4-16-43(35,36)37)23-18-21(8-10-27(23)41-29)25-6-2-14-39-25/h1-2,5-10,13-14,17-19H,3-4,11-12,15-16H2,(H-,32,33,34,35,36,37)/p-1. The van der Waals surface area contributed by atoms with Gasteiger partial charge in [0.1, 0.15) is 16.2 Å². The lowest BCUT2D eigenvalue weighted by molar-refractivity contribution is -0.668. The van der Waals surface area contributed by atoms with Crippen molar-refractivity contribution >= 4 is 65.3 Å². The van der Waals surface area contributed by atoms with E-state index in [-0.39, 0.29) is 25.9 Å². The van der Waals surface area contributed by atoms with Crippen LogP contribution in [0.1, 0.15) is 17.8 Å². The topological polar surface area (TPSA) is 148 Å². The van der Waals surface area contributed by atoms with Crippen LogP contribution in [-0.2, 0) is 26.8 Å². The quantitative estimate of drug-likeness (QED) is 0.132. The molecule has 0 radical (unpaired) electrons. The van der Waals surface area contributed by atoms with E-state index in [2.05, 4.69) is 0 Å². The van der Waals surface area contributed by atoms with Gasteiger partial charge >= 0.3 is 0 Å². The van der Waals surface area contributed by atoms with Crippen molar-refractivity contribution in [1.29, 1.82) is 0 Å². The van der Waals surface area contributed by atoms with Gasteiger partial charge in [0.15, 0.2) is 6.54 Å². The fraction of sp³-hybridized carbons (Fsp3) is 0.207. The minimum Gasteiger partial charge on any atom is -0.748 e. The van der Waals surface area contributed by atoms with Gasteiger partial charge in [-0.25, -0.2) is 16.8 Å². The van der Waals surface area contributed by atoms with Crippen LogP contribution in [0.5, 0.6) is 0 Å². The summed E-state index contributed by atoms with van der Waals surface area (Å²) in [4.78, 5) is 2.94. The monoisotopic (exact) mass is 657 g/mol. The average Bonchev–Trinajstić information content (AvgIpc) is 3.75. The Balaban J connectivity index is 1.42. The molecule has 2 aromatic carbocycles. The number of nitrogens with zero attached hydrogens (tertiary/aromatic N) is 2. The molecule has 1 aliphatic heterocycles. The highest BCUT2D eigenvalue weighted by Crippen LogP contribution is 2.48. The Morgan fingerprint density at radius 1 is 0.837 bits per heavy atom. The Kier molecular flexibility index (Phi) is 8.24. The summed E-state index contributed by atoms with van der Waals surface area (Å²) in [5.74, 6) is 0.402. The Morgan fingerprint density at radius 2 is 1.49 bits per heavy atom. The number of aromatic nitrogens is 1. The van der Waals surface area contributed by atoms with Crippen LogP contribution in [0.15, 0.2) is 91.9 Å². The molecular weight excluding hydrogens is 633 g/mol. The maximum Gasteiger partial charge on any atom is 0.265 e. The first kappa shape index (κ1) is 29.7. The minimum absolute atomic E-state index is 0.133. The van der Waals surface area contributed by atoms with Crippen molar-refractivity contribution in [2.24, 2.45) is 0 Å². The molecule has 0 N–H and O–H groups in total. The van der Waals surface area contributed by atoms with E-state index < -0.39 is 31.7 Å². The summed E-state index contributed by atoms with van der Waals surface area (Å²) in [6.07, 6.45) is 5.43. The van der Waals surface area contributed by atoms with Crippen molar-refractivity contribution in [2.75, 3.05) is 23.0 Å². The van der Waals surface area contributed by atoms with E-state index in [1.165, 1.54) is 23.1 Å². The third kappa shape index (κ3) is 6.89. The molecule has 6 rings (SSSR count). The molecule has 0 spiro atoms. The first-order valence-electron chi connectivity index (χ1n) is 13.3. The number of fused-ring (bicyclic) bond motifs is 2. The lowest BCUT2D eigenvalue weighted by atomic mass is 10.1. The van der Waals surface area contributed by atoms with Crippen LogP contribution < -0.4 is 9.47 Å². The highest BCUT2D eigenvalue weighted by atomic mass is 32.2. The number of hydrogen-bond acceptors (Lipinski definition) is 11. The van der Waals surface area contributed by atoms with Crippen LogP contribution in [0.25, 0.3) is 38.9 Å². The molecule has 0 saturated heterocycles. The number of benzene rings is 2. The largest absolute Gasteiger partial charge is 0.748 e. The van der Waals surface area contributed by atoms with Gasteiger partial charge < -0.3 is 22.8 Å². The molecule has 1 aliphatic rings. The van der Waals surface area contributed by atoms with Gasteiger partial charge in [0.25, 0.3) is 5.01 Å². The summed E-state index contributed by atoms with van der Waals surface area (Å²) in [6.45, 7) is 0.577. The van der Waals surface area contributed by atoms with Gasteiger partial charge in [0, 0.05) is 46.6 Å². The van der Waals surface area contributed by atoms with Crippen molar-refractivity contribution in [3.05, 3.63) is 83.2 Å². The van der Waals surface area contributed by atoms with Crippen LogP contribution in [0.3, 0.4) is 0 Å². The molecule has 0 amide bonds. The van der Waals surface area contributed by atoms with Crippen molar-refractivity contribution < 1.29 is 39.3 Å². The van der Waals surface area contributed by atoms with Gasteiger partial charge in [0.05, 0.1) is 49.6 Å². The predicted octanol–water partition coefficient (Wildman–Crippen LogP) is 5.49. The summed E-state index contributed by atoms with van der Waals surface area (Å²) in [7, 11) is -8.77. The molecular formula is C29H25N2O8S4-. The van der Waals surface area contributed by atoms with E-state index >= 15 is 0 Å². The van der Waals surface area contributed by atoms with Crippen molar-refractivity contribution in [3.8, 4) is 22.6 Å². The molecule has 4 heterocycles. The number of thiazole rings is 1. The summed E-state index contributed by atoms with van der Waals surface area (Å²) in [5.41, 5.74) is 3.43. The van der Waals surface area contributed by atoms with Crippen molar-refractivity contribution in [3.63, 3.8) is 0 Å². The van der Waals surface area contributed by atoms with Crippen LogP contribution in [0, 0.1) is 0 Å². The van der Waals surface area contributed by atoms with E-state index in [0.29, 0.717) is 11.5 Å². The maximum absolute atomic E-state index is 11.4. The molecule has 224 valence electrons. The molecule has 43 heavy (non-hydrogen) atoms. The third-order valence-corrected chi connectivity index (χ3v) is 10.7. The fourth-order valence-corrected chi connectivity index (χ4v) is 8.23. The van der Waals surface area contributed by atoms with E-state index in [1.807, 2.05) is 64.1 Å². The molecule has 0 atom stereocenters. The van der Waals surface area contributed by atoms with E-state index in [1.54, 1.807) is 24.7 Å². The first-order valence-corrected chi connectivity index (χ1v) is 18.1. The lowest BCUT2D eigenvalue weighted by Crippen LogP contribution is -2.36. The Labute approximate surface area is 256 Å². The van der Waals surface area contributed by atoms with E-state index in [0.717, 1.165) is 42.0 Å². The molecule has 3 aromatic heterocycles. The number of rotatable bonds is 11. The maximum atomic E-state index is 11.4. The molecule has 14 heteroatoms. The average molecular weight is 658 g/mol. The molecule has 10 nitrogen and oxygen atoms in total. The van der Waals surface area contributed by atoms with Crippen LogP contribution >= 0.6 is 23.1 Å². The third-order valence-electron chi connectivity index (χ3n) is 6.87. The molecule has 0 unspecified atom stereocenters. The molecule has 0 saturated carbocycles. The predicted molar refractivity (Wildman–Crippen MR) is 163 cm³/mol. The second-order valence-corrected chi connectivity index (χ2v) is 15.1. The highest BCUT2D eigenvalue weighted by Gasteiger charge is 2.29. The molecule has 0 fully saturated rings. The first-order chi connectivity index (χ1) is 20.5. The van der Waals surface area contributed by atoms with Crippen LogP contribution in [0.2, 0.25) is 0 Å².